The summed E-state index contributed by atoms with van der Waals surface area (Å²) < 4.78 is 22.9. The lowest BCUT2D eigenvalue weighted by molar-refractivity contribution is -0.136. The number of methoxy groups -OCH3 is 2. The second-order valence-electron chi connectivity index (χ2n) is 4.70. The van der Waals surface area contributed by atoms with Crippen molar-refractivity contribution in [3.05, 3.63) is 46.9 Å². The van der Waals surface area contributed by atoms with Crippen LogP contribution in [0.2, 0.25) is 0 Å². The van der Waals surface area contributed by atoms with Crippen LogP contribution in [0, 0.1) is 5.82 Å². The van der Waals surface area contributed by atoms with E-state index < -0.39 is 23.9 Å². The van der Waals surface area contributed by atoms with Gasteiger partial charge in [-0.15, -0.1) is 0 Å². The van der Waals surface area contributed by atoms with Crippen molar-refractivity contribution in [2.24, 2.45) is 4.99 Å². The Balaban J connectivity index is 2.67. The molecule has 8 heteroatoms. The zero-order chi connectivity index (χ0) is 17.1. The number of benzene rings is 1. The van der Waals surface area contributed by atoms with Gasteiger partial charge in [-0.1, -0.05) is 12.1 Å². The Morgan fingerprint density at radius 2 is 1.87 bits per heavy atom. The fourth-order valence-corrected chi connectivity index (χ4v) is 2.36. The standard InChI is InChI=1S/C15H15FN2O5/c1-8-11(13(19)22-2)12(9-4-6-10(16)7-5-9)18(15(20)21)14(17-8)23-3/h4-7,12H,1-3H3,(H,20,21). The highest BCUT2D eigenvalue weighted by molar-refractivity contribution is 5.99. The summed E-state index contributed by atoms with van der Waals surface area (Å²) in [6, 6.07) is 3.91. The molecule has 1 N–H and O–H groups in total. The monoisotopic (exact) mass is 322 g/mol. The minimum Gasteiger partial charge on any atom is -0.468 e. The van der Waals surface area contributed by atoms with E-state index in [-0.39, 0.29) is 17.3 Å². The van der Waals surface area contributed by atoms with Crippen LogP contribution < -0.4 is 0 Å². The first kappa shape index (κ1) is 16.5. The number of carboxylic acid groups (broad SMARTS) is 1. The highest BCUT2D eigenvalue weighted by atomic mass is 19.1. The summed E-state index contributed by atoms with van der Waals surface area (Å²) in [6.07, 6.45) is -1.37. The molecule has 0 saturated carbocycles. The molecule has 0 aliphatic carbocycles. The first-order valence-corrected chi connectivity index (χ1v) is 6.60. The number of amidine groups is 1. The molecule has 23 heavy (non-hydrogen) atoms. The van der Waals surface area contributed by atoms with E-state index in [2.05, 4.69) is 4.99 Å². The quantitative estimate of drug-likeness (QED) is 0.844. The van der Waals surface area contributed by atoms with Crippen molar-refractivity contribution in [3.63, 3.8) is 0 Å². The van der Waals surface area contributed by atoms with Crippen LogP contribution in [0.5, 0.6) is 0 Å². The van der Waals surface area contributed by atoms with Gasteiger partial charge >= 0.3 is 18.1 Å². The molecule has 1 amide bonds. The number of rotatable bonds is 2. The molecular formula is C15H15FN2O5. The number of esters is 1. The third kappa shape index (κ3) is 3.01. The van der Waals surface area contributed by atoms with Crippen LogP contribution in [0.3, 0.4) is 0 Å². The minimum atomic E-state index is -1.37. The van der Waals surface area contributed by atoms with E-state index >= 15 is 0 Å². The van der Waals surface area contributed by atoms with Crippen LogP contribution >= 0.6 is 0 Å². The van der Waals surface area contributed by atoms with Crippen LogP contribution in [-0.4, -0.2) is 42.3 Å². The summed E-state index contributed by atoms with van der Waals surface area (Å²) in [5.74, 6) is -1.20. The number of carbonyl (C=O) groups excluding carboxylic acids is 1. The molecule has 1 heterocycles. The van der Waals surface area contributed by atoms with E-state index in [1.54, 1.807) is 6.92 Å². The van der Waals surface area contributed by atoms with Gasteiger partial charge in [-0.3, -0.25) is 0 Å². The Kier molecular flexibility index (Phi) is 4.63. The van der Waals surface area contributed by atoms with E-state index in [0.29, 0.717) is 5.56 Å². The lowest BCUT2D eigenvalue weighted by atomic mass is 9.94. The molecule has 2 rings (SSSR count). The first-order chi connectivity index (χ1) is 10.9. The third-order valence-corrected chi connectivity index (χ3v) is 3.37. The first-order valence-electron chi connectivity index (χ1n) is 6.60. The fourth-order valence-electron chi connectivity index (χ4n) is 2.36. The van der Waals surface area contributed by atoms with Crippen molar-refractivity contribution in [1.82, 2.24) is 4.90 Å². The molecule has 0 fully saturated rings. The molecule has 1 unspecified atom stereocenters. The lowest BCUT2D eigenvalue weighted by Crippen LogP contribution is -2.44. The minimum absolute atomic E-state index is 0.0438. The van der Waals surface area contributed by atoms with Crippen molar-refractivity contribution < 1.29 is 28.6 Å². The molecular weight excluding hydrogens is 307 g/mol. The van der Waals surface area contributed by atoms with Crippen LogP contribution in [0.25, 0.3) is 0 Å². The lowest BCUT2D eigenvalue weighted by Gasteiger charge is -2.33. The van der Waals surface area contributed by atoms with Gasteiger partial charge in [-0.05, 0) is 24.6 Å². The predicted octanol–water partition coefficient (Wildman–Crippen LogP) is 2.31. The van der Waals surface area contributed by atoms with Gasteiger partial charge in [0.05, 0.1) is 25.5 Å². The van der Waals surface area contributed by atoms with Gasteiger partial charge in [0.15, 0.2) is 0 Å². The Morgan fingerprint density at radius 1 is 1.26 bits per heavy atom. The molecule has 1 aromatic carbocycles. The van der Waals surface area contributed by atoms with Crippen molar-refractivity contribution in [3.8, 4) is 0 Å². The molecule has 0 radical (unpaired) electrons. The van der Waals surface area contributed by atoms with E-state index in [9.17, 15) is 19.1 Å². The molecule has 1 atom stereocenters. The number of hydrogen-bond acceptors (Lipinski definition) is 5. The van der Waals surface area contributed by atoms with Crippen LogP contribution in [0.15, 0.2) is 40.5 Å². The second kappa shape index (κ2) is 6.47. The Hall–Kier alpha value is -2.90. The smallest absolute Gasteiger partial charge is 0.416 e. The van der Waals surface area contributed by atoms with E-state index in [1.165, 1.54) is 38.5 Å². The van der Waals surface area contributed by atoms with Gasteiger partial charge in [0, 0.05) is 0 Å². The van der Waals surface area contributed by atoms with Crippen molar-refractivity contribution in [2.45, 2.75) is 13.0 Å². The largest absolute Gasteiger partial charge is 0.468 e. The predicted molar refractivity (Wildman–Crippen MR) is 78.2 cm³/mol. The molecule has 1 aromatic rings. The van der Waals surface area contributed by atoms with Gasteiger partial charge in [0.25, 0.3) is 0 Å². The van der Waals surface area contributed by atoms with Gasteiger partial charge in [0.1, 0.15) is 11.9 Å². The van der Waals surface area contributed by atoms with Crippen molar-refractivity contribution >= 4 is 18.1 Å². The number of aliphatic imine (C=N–C) groups is 1. The number of halogens is 1. The fraction of sp³-hybridized carbons (Fsp3) is 0.267. The highest BCUT2D eigenvalue weighted by Gasteiger charge is 2.40. The van der Waals surface area contributed by atoms with Crippen LogP contribution in [-0.2, 0) is 14.3 Å². The number of hydrogen-bond donors (Lipinski definition) is 1. The second-order valence-corrected chi connectivity index (χ2v) is 4.70. The van der Waals surface area contributed by atoms with Crippen molar-refractivity contribution in [2.75, 3.05) is 14.2 Å². The average molecular weight is 322 g/mol. The van der Waals surface area contributed by atoms with Gasteiger partial charge < -0.3 is 14.6 Å². The Labute approximate surface area is 131 Å². The van der Waals surface area contributed by atoms with Crippen molar-refractivity contribution in [1.29, 1.82) is 0 Å². The maximum atomic E-state index is 13.2. The van der Waals surface area contributed by atoms with E-state index in [4.69, 9.17) is 9.47 Å². The molecule has 0 aromatic heterocycles. The Bertz CT molecular complexity index is 696. The summed E-state index contributed by atoms with van der Waals surface area (Å²) in [4.78, 5) is 28.6. The highest BCUT2D eigenvalue weighted by Crippen LogP contribution is 2.36. The van der Waals surface area contributed by atoms with E-state index in [0.717, 1.165) is 4.90 Å². The maximum absolute atomic E-state index is 13.2. The average Bonchev–Trinajstić information content (AvgIpc) is 2.53. The normalized spacial score (nSPS) is 17.7. The topological polar surface area (TPSA) is 88.4 Å². The molecule has 122 valence electrons. The van der Waals surface area contributed by atoms with Gasteiger partial charge in [0.2, 0.25) is 0 Å². The van der Waals surface area contributed by atoms with Crippen LogP contribution in [0.1, 0.15) is 18.5 Å². The van der Waals surface area contributed by atoms with Gasteiger partial charge in [-0.25, -0.2) is 23.9 Å². The molecule has 7 nitrogen and oxygen atoms in total. The van der Waals surface area contributed by atoms with Gasteiger partial charge in [-0.2, -0.15) is 0 Å². The zero-order valence-corrected chi connectivity index (χ0v) is 12.7. The third-order valence-electron chi connectivity index (χ3n) is 3.37. The number of carbonyl (C=O) groups is 2. The maximum Gasteiger partial charge on any atom is 0.416 e. The summed E-state index contributed by atoms with van der Waals surface area (Å²) in [7, 11) is 2.46. The number of allylic oxidation sites excluding steroid dienone is 1. The summed E-state index contributed by atoms with van der Waals surface area (Å²) in [6.45, 7) is 1.54. The molecule has 0 spiro atoms. The summed E-state index contributed by atoms with van der Waals surface area (Å²) in [5, 5.41) is 9.50. The summed E-state index contributed by atoms with van der Waals surface area (Å²) in [5.41, 5.74) is 0.695. The zero-order valence-electron chi connectivity index (χ0n) is 12.7. The summed E-state index contributed by atoms with van der Waals surface area (Å²) >= 11 is 0. The SMILES string of the molecule is COC(=O)C1=C(C)N=C(OC)N(C(=O)O)C1c1ccc(F)cc1. The Morgan fingerprint density at radius 3 is 2.35 bits per heavy atom. The molecule has 0 bridgehead atoms. The number of amides is 1. The number of nitrogens with zero attached hydrogens (tertiary/aromatic N) is 2. The van der Waals surface area contributed by atoms with Crippen LogP contribution in [0.4, 0.5) is 9.18 Å². The van der Waals surface area contributed by atoms with E-state index in [1.807, 2.05) is 0 Å². The molecule has 1 aliphatic heterocycles. The molecule has 1 aliphatic rings. The number of ether oxygens (including phenoxy) is 2. The molecule has 0 saturated heterocycles.